The molecule has 0 bridgehead atoms. The molecule has 0 aliphatic carbocycles. The molecule has 0 amide bonds. The molecule has 0 saturated heterocycles. The molecule has 0 N–H and O–H groups in total. The Morgan fingerprint density at radius 2 is 0.581 bits per heavy atom. The third-order valence-electron chi connectivity index (χ3n) is 8.64. The van der Waals surface area contributed by atoms with Crippen LogP contribution in [0.3, 0.4) is 0 Å². The molecule has 0 saturated carbocycles. The summed E-state index contributed by atoms with van der Waals surface area (Å²) in [5, 5.41) is 0. The quantitative estimate of drug-likeness (QED) is 0.0613. The van der Waals surface area contributed by atoms with Crippen molar-refractivity contribution in [1.29, 1.82) is 0 Å². The molecule has 0 radical (unpaired) electrons. The van der Waals surface area contributed by atoms with E-state index in [4.69, 9.17) is 0 Å². The number of hydrogen-bond donors (Lipinski definition) is 0. The molecule has 0 aliphatic rings. The van der Waals surface area contributed by atoms with Crippen LogP contribution in [0.15, 0.2) is 0 Å². The molecule has 0 fully saturated rings. The number of hydrogen-bond acceptors (Lipinski definition) is 4. The first-order chi connectivity index (χ1) is 20.5. The summed E-state index contributed by atoms with van der Waals surface area (Å²) in [5.41, 5.74) is 0. The van der Waals surface area contributed by atoms with E-state index in [0.717, 1.165) is 6.42 Å². The van der Waals surface area contributed by atoms with Crippen molar-refractivity contribution in [3.05, 3.63) is 0 Å². The Hall–Kier alpha value is 0.970. The van der Waals surface area contributed by atoms with Crippen LogP contribution >= 0.6 is 22.3 Å². The van der Waals surface area contributed by atoms with Crippen molar-refractivity contribution in [3.8, 4) is 0 Å². The van der Waals surface area contributed by atoms with Gasteiger partial charge in [0.2, 0.25) is 0 Å². The smallest absolute Gasteiger partial charge is 0.0596 e. The lowest BCUT2D eigenvalue weighted by molar-refractivity contribution is -0.341. The van der Waals surface area contributed by atoms with Gasteiger partial charge in [0.15, 0.2) is 0 Å². The third-order valence-corrected chi connectivity index (χ3v) is 19.3. The summed E-state index contributed by atoms with van der Waals surface area (Å²) < 4.78 is 13.7. The summed E-state index contributed by atoms with van der Waals surface area (Å²) in [6, 6.07) is 0. The summed E-state index contributed by atoms with van der Waals surface area (Å²) in [6.45, 7) is 20.7. The molecule has 0 aromatic carbocycles. The zero-order valence-corrected chi connectivity index (χ0v) is 33.7. The topological polar surface area (TPSA) is 72.4 Å². The van der Waals surface area contributed by atoms with Gasteiger partial charge in [-0.15, -0.1) is 0 Å². The fourth-order valence-electron chi connectivity index (χ4n) is 5.61. The van der Waals surface area contributed by atoms with Crippen molar-refractivity contribution >= 4 is 22.3 Å². The van der Waals surface area contributed by atoms with Crippen LogP contribution in [0.5, 0.6) is 0 Å². The summed E-state index contributed by atoms with van der Waals surface area (Å²) in [6.07, 6.45) is 37.3. The minimum Gasteiger partial charge on any atom is -0.790 e. The second-order valence-electron chi connectivity index (χ2n) is 12.9. The minimum absolute atomic E-state index is 0.0147. The molecule has 0 unspecified atom stereocenters. The molecule has 264 valence electrons. The summed E-state index contributed by atoms with van der Waals surface area (Å²) in [5.74, 6) is 0. The second kappa shape index (κ2) is 34.3. The first-order valence-corrected chi connectivity index (χ1v) is 25.4. The fraction of sp³-hybridized carbons (Fsp3) is 1.00. The maximum atomic E-state index is 9.76. The van der Waals surface area contributed by atoms with Crippen LogP contribution in [0.1, 0.15) is 178 Å². The van der Waals surface area contributed by atoms with Crippen molar-refractivity contribution in [2.75, 3.05) is 55.9 Å². The molecular weight excluding hydrogens is 589 g/mol. The predicted molar refractivity (Wildman–Crippen MR) is 201 cm³/mol. The maximum absolute atomic E-state index is 9.76. The van der Waals surface area contributed by atoms with Crippen LogP contribution in [0.2, 0.25) is 0 Å². The zero-order valence-electron chi connectivity index (χ0n) is 31.1. The Morgan fingerprint density at radius 1 is 0.395 bits per heavy atom. The van der Waals surface area contributed by atoms with E-state index < -0.39 is 22.3 Å². The van der Waals surface area contributed by atoms with E-state index in [1.165, 1.54) is 103 Å². The van der Waals surface area contributed by atoms with Crippen LogP contribution in [-0.4, -0.2) is 55.9 Å². The van der Waals surface area contributed by atoms with Crippen LogP contribution in [0, 0.1) is 0 Å². The standard InChI is InChI=1S/2C16H36P.C4H11O4P/c2*1-5-9-13-17(14-10-6-2,15-11-7-3)16-12-8-4;1-2-3-4-8-9(5,6)7/h2*5-16H2,1-4H3;2-4H2,1H3,(H2,5,6,7)/q2*+1;/p-2. The first-order valence-electron chi connectivity index (χ1n) is 18.9. The summed E-state index contributed by atoms with van der Waals surface area (Å²) in [7, 11) is -5.82. The Morgan fingerprint density at radius 3 is 0.721 bits per heavy atom. The van der Waals surface area contributed by atoms with E-state index in [2.05, 4.69) is 59.9 Å². The first kappa shape index (κ1) is 48.4. The van der Waals surface area contributed by atoms with Crippen molar-refractivity contribution in [1.82, 2.24) is 0 Å². The van der Waals surface area contributed by atoms with Gasteiger partial charge >= 0.3 is 0 Å². The van der Waals surface area contributed by atoms with Crippen LogP contribution in [0.4, 0.5) is 0 Å². The van der Waals surface area contributed by atoms with E-state index in [9.17, 15) is 14.4 Å². The van der Waals surface area contributed by atoms with Gasteiger partial charge in [-0.05, 0) is 57.8 Å². The number of phosphoric ester groups is 1. The third kappa shape index (κ3) is 32.7. The highest BCUT2D eigenvalue weighted by molar-refractivity contribution is 7.76. The number of unbranched alkanes of at least 4 members (excludes halogenated alkanes) is 9. The van der Waals surface area contributed by atoms with Gasteiger partial charge in [0, 0.05) is 14.5 Å². The lowest BCUT2D eigenvalue weighted by atomic mass is 10.4. The van der Waals surface area contributed by atoms with E-state index in [1.807, 2.05) is 6.92 Å². The lowest BCUT2D eigenvalue weighted by Crippen LogP contribution is -2.16. The van der Waals surface area contributed by atoms with Gasteiger partial charge in [0.05, 0.1) is 63.7 Å². The van der Waals surface area contributed by atoms with Gasteiger partial charge in [-0.3, -0.25) is 0 Å². The monoisotopic (exact) mass is 671 g/mol. The predicted octanol–water partition coefficient (Wildman–Crippen LogP) is 12.0. The Kier molecular flexibility index (Phi) is 38.6. The molecule has 0 aromatic rings. The molecule has 43 heavy (non-hydrogen) atoms. The summed E-state index contributed by atoms with van der Waals surface area (Å²) >= 11 is 0. The number of phosphoric acid groups is 1. The highest BCUT2D eigenvalue weighted by atomic mass is 31.2. The Bertz CT molecular complexity index is 472. The van der Waals surface area contributed by atoms with Gasteiger partial charge in [0.1, 0.15) is 0 Å². The van der Waals surface area contributed by atoms with Crippen LogP contribution < -0.4 is 9.79 Å². The molecule has 4 nitrogen and oxygen atoms in total. The van der Waals surface area contributed by atoms with E-state index >= 15 is 0 Å². The van der Waals surface area contributed by atoms with Gasteiger partial charge in [-0.1, -0.05) is 120 Å². The molecule has 0 spiro atoms. The van der Waals surface area contributed by atoms with Gasteiger partial charge in [-0.2, -0.15) is 0 Å². The fourth-order valence-corrected chi connectivity index (χ4v) is 16.5. The highest BCUT2D eigenvalue weighted by Gasteiger charge is 2.35. The minimum atomic E-state index is -4.70. The number of rotatable bonds is 28. The van der Waals surface area contributed by atoms with Gasteiger partial charge < -0.3 is 18.9 Å². The second-order valence-corrected chi connectivity index (χ2v) is 23.0. The van der Waals surface area contributed by atoms with Crippen molar-refractivity contribution in [3.63, 3.8) is 0 Å². The van der Waals surface area contributed by atoms with Crippen molar-refractivity contribution < 1.29 is 18.9 Å². The molecule has 0 aliphatic heterocycles. The van der Waals surface area contributed by atoms with Crippen molar-refractivity contribution in [2.45, 2.75) is 178 Å². The molecule has 0 aromatic heterocycles. The molecule has 7 heteroatoms. The normalized spacial score (nSPS) is 12.0. The zero-order chi connectivity index (χ0) is 33.3. The maximum Gasteiger partial charge on any atom is 0.0596 e. The van der Waals surface area contributed by atoms with Crippen LogP contribution in [-0.2, 0) is 9.09 Å². The summed E-state index contributed by atoms with van der Waals surface area (Å²) in [4.78, 5) is 19.5. The molecular formula is C36H81O4P3. The Balaban J connectivity index is -0.000000586. The molecule has 0 heterocycles. The molecule has 0 atom stereocenters. The van der Waals surface area contributed by atoms with Crippen molar-refractivity contribution in [2.24, 2.45) is 0 Å². The SMILES string of the molecule is CCCCOP(=O)([O-])[O-].CCCC[P+](CCCC)(CCCC)CCCC.CCCC[P+](CCCC)(CCCC)CCCC. The average Bonchev–Trinajstić information content (AvgIpc) is 3.00. The largest absolute Gasteiger partial charge is 0.790 e. The highest BCUT2D eigenvalue weighted by Crippen LogP contribution is 2.62. The average molecular weight is 671 g/mol. The Labute approximate surface area is 274 Å². The van der Waals surface area contributed by atoms with E-state index in [0.29, 0.717) is 6.42 Å². The van der Waals surface area contributed by atoms with E-state index in [-0.39, 0.29) is 6.61 Å². The van der Waals surface area contributed by atoms with Gasteiger partial charge in [-0.25, -0.2) is 0 Å². The van der Waals surface area contributed by atoms with E-state index in [1.54, 1.807) is 49.3 Å². The lowest BCUT2D eigenvalue weighted by Gasteiger charge is -2.28. The molecule has 0 rings (SSSR count). The van der Waals surface area contributed by atoms with Crippen LogP contribution in [0.25, 0.3) is 0 Å². The van der Waals surface area contributed by atoms with Gasteiger partial charge in [0.25, 0.3) is 0 Å².